The first-order valence-corrected chi connectivity index (χ1v) is 8.53. The van der Waals surface area contributed by atoms with Crippen LogP contribution in [0.5, 0.6) is 0 Å². The fraction of sp³-hybridized carbons (Fsp3) is 0.286. The standard InChI is InChI=1S/C21H21N3O2/c1-13-5-8-17(9-6-13)20-23-24-21(26-20)18(15(3)25)12-16-7-10-19(22-4)14(2)11-16/h5-11,15,18,25H,12H2,1-3H3/t15-,18-/m1/s1. The molecule has 0 spiro atoms. The maximum Gasteiger partial charge on any atom is 0.247 e. The molecule has 0 saturated heterocycles. The molecule has 1 N–H and O–H groups in total. The lowest BCUT2D eigenvalue weighted by atomic mass is 9.93. The zero-order valence-electron chi connectivity index (χ0n) is 15.1. The van der Waals surface area contributed by atoms with Crippen LogP contribution in [0.1, 0.15) is 35.4 Å². The minimum atomic E-state index is -0.637. The van der Waals surface area contributed by atoms with E-state index >= 15 is 0 Å². The lowest BCUT2D eigenvalue weighted by molar-refractivity contribution is 0.148. The molecule has 2 aromatic carbocycles. The van der Waals surface area contributed by atoms with Crippen LogP contribution in [-0.2, 0) is 6.42 Å². The summed E-state index contributed by atoms with van der Waals surface area (Å²) in [4.78, 5) is 3.49. The third kappa shape index (κ3) is 3.81. The van der Waals surface area contributed by atoms with Crippen molar-refractivity contribution < 1.29 is 9.52 Å². The summed E-state index contributed by atoms with van der Waals surface area (Å²) >= 11 is 0. The van der Waals surface area contributed by atoms with Gasteiger partial charge >= 0.3 is 0 Å². The van der Waals surface area contributed by atoms with Crippen LogP contribution in [-0.4, -0.2) is 21.4 Å². The molecule has 3 aromatic rings. The monoisotopic (exact) mass is 347 g/mol. The van der Waals surface area contributed by atoms with E-state index in [1.807, 2.05) is 56.3 Å². The van der Waals surface area contributed by atoms with Crippen LogP contribution >= 0.6 is 0 Å². The summed E-state index contributed by atoms with van der Waals surface area (Å²) in [5.41, 5.74) is 4.61. The van der Waals surface area contributed by atoms with E-state index < -0.39 is 6.10 Å². The minimum Gasteiger partial charge on any atom is -0.420 e. The maximum absolute atomic E-state index is 10.2. The molecule has 5 nitrogen and oxygen atoms in total. The summed E-state index contributed by atoms with van der Waals surface area (Å²) < 4.78 is 5.85. The number of aliphatic hydroxyl groups is 1. The Kier molecular flexibility index (Phi) is 5.15. The minimum absolute atomic E-state index is 0.306. The number of aromatic nitrogens is 2. The van der Waals surface area contributed by atoms with Gasteiger partial charge in [-0.25, -0.2) is 4.85 Å². The maximum atomic E-state index is 10.2. The van der Waals surface area contributed by atoms with Crippen LogP contribution in [0.3, 0.4) is 0 Å². The Morgan fingerprint density at radius 2 is 1.85 bits per heavy atom. The second-order valence-corrected chi connectivity index (χ2v) is 6.60. The van der Waals surface area contributed by atoms with Crippen molar-refractivity contribution in [2.24, 2.45) is 0 Å². The van der Waals surface area contributed by atoms with E-state index in [1.54, 1.807) is 6.92 Å². The van der Waals surface area contributed by atoms with Crippen molar-refractivity contribution in [3.63, 3.8) is 0 Å². The highest BCUT2D eigenvalue weighted by molar-refractivity contribution is 5.54. The Bertz CT molecular complexity index is 937. The summed E-state index contributed by atoms with van der Waals surface area (Å²) in [6, 6.07) is 13.6. The van der Waals surface area contributed by atoms with Crippen molar-refractivity contribution >= 4 is 5.69 Å². The highest BCUT2D eigenvalue weighted by atomic mass is 16.4. The molecular weight excluding hydrogens is 326 g/mol. The van der Waals surface area contributed by atoms with Gasteiger partial charge in [0.15, 0.2) is 5.69 Å². The SMILES string of the molecule is [C-]#[N+]c1ccc(C[C@@H](c2nnc(-c3ccc(C)cc3)o2)[C@@H](C)O)cc1C. The Labute approximate surface area is 153 Å². The smallest absolute Gasteiger partial charge is 0.247 e. The van der Waals surface area contributed by atoms with Crippen LogP contribution in [0, 0.1) is 20.4 Å². The van der Waals surface area contributed by atoms with Gasteiger partial charge in [0.1, 0.15) is 0 Å². The molecule has 5 heteroatoms. The average molecular weight is 347 g/mol. The van der Waals surface area contributed by atoms with Crippen molar-refractivity contribution in [2.75, 3.05) is 0 Å². The lowest BCUT2D eigenvalue weighted by Gasteiger charge is -2.16. The predicted molar refractivity (Wildman–Crippen MR) is 100 cm³/mol. The van der Waals surface area contributed by atoms with Crippen molar-refractivity contribution in [2.45, 2.75) is 39.2 Å². The fourth-order valence-corrected chi connectivity index (χ4v) is 2.89. The number of hydrogen-bond acceptors (Lipinski definition) is 4. The molecule has 0 aliphatic heterocycles. The molecule has 1 heterocycles. The Morgan fingerprint density at radius 1 is 1.12 bits per heavy atom. The summed E-state index contributed by atoms with van der Waals surface area (Å²) in [7, 11) is 0. The Morgan fingerprint density at radius 3 is 2.46 bits per heavy atom. The van der Waals surface area contributed by atoms with Crippen molar-refractivity contribution in [1.82, 2.24) is 10.2 Å². The molecule has 0 radical (unpaired) electrons. The van der Waals surface area contributed by atoms with Gasteiger partial charge in [0.25, 0.3) is 0 Å². The number of aliphatic hydroxyl groups excluding tert-OH is 1. The van der Waals surface area contributed by atoms with Gasteiger partial charge in [0.2, 0.25) is 11.8 Å². The molecule has 0 aliphatic rings. The van der Waals surface area contributed by atoms with Crippen LogP contribution in [0.4, 0.5) is 5.69 Å². The first-order chi connectivity index (χ1) is 12.5. The van der Waals surface area contributed by atoms with Crippen molar-refractivity contribution in [3.05, 3.63) is 76.5 Å². The molecule has 3 rings (SSSR count). The molecule has 26 heavy (non-hydrogen) atoms. The molecule has 0 amide bonds. The molecule has 0 aliphatic carbocycles. The summed E-state index contributed by atoms with van der Waals surface area (Å²) in [6.07, 6.45) is -0.0751. The van der Waals surface area contributed by atoms with Crippen molar-refractivity contribution in [1.29, 1.82) is 0 Å². The number of benzene rings is 2. The molecule has 132 valence electrons. The van der Waals surface area contributed by atoms with Crippen LogP contribution in [0.15, 0.2) is 46.9 Å². The zero-order valence-corrected chi connectivity index (χ0v) is 15.1. The van der Waals surface area contributed by atoms with Gasteiger partial charge in [-0.05, 0) is 50.5 Å². The Balaban J connectivity index is 1.86. The average Bonchev–Trinajstić information content (AvgIpc) is 3.10. The third-order valence-electron chi connectivity index (χ3n) is 4.48. The first kappa shape index (κ1) is 17.8. The summed E-state index contributed by atoms with van der Waals surface area (Å²) in [6.45, 7) is 12.8. The molecule has 0 unspecified atom stereocenters. The lowest BCUT2D eigenvalue weighted by Crippen LogP contribution is -2.17. The van der Waals surface area contributed by atoms with Crippen LogP contribution in [0.25, 0.3) is 16.3 Å². The quantitative estimate of drug-likeness (QED) is 0.685. The van der Waals surface area contributed by atoms with Gasteiger partial charge in [-0.1, -0.05) is 35.9 Å². The number of nitrogens with zero attached hydrogens (tertiary/aromatic N) is 3. The Hall–Kier alpha value is -2.97. The van der Waals surface area contributed by atoms with Gasteiger partial charge < -0.3 is 9.52 Å². The largest absolute Gasteiger partial charge is 0.420 e. The number of rotatable bonds is 5. The van der Waals surface area contributed by atoms with Crippen molar-refractivity contribution in [3.8, 4) is 11.5 Å². The first-order valence-electron chi connectivity index (χ1n) is 8.53. The zero-order chi connectivity index (χ0) is 18.7. The van der Waals surface area contributed by atoms with Gasteiger partial charge in [-0.3, -0.25) is 0 Å². The van der Waals surface area contributed by atoms with E-state index in [4.69, 9.17) is 11.0 Å². The van der Waals surface area contributed by atoms with Gasteiger partial charge in [0, 0.05) is 5.56 Å². The number of hydrogen-bond donors (Lipinski definition) is 1. The normalized spacial score (nSPS) is 13.2. The van der Waals surface area contributed by atoms with Crippen LogP contribution in [0.2, 0.25) is 0 Å². The molecule has 0 fully saturated rings. The second-order valence-electron chi connectivity index (χ2n) is 6.60. The van der Waals surface area contributed by atoms with E-state index in [2.05, 4.69) is 15.0 Å². The van der Waals surface area contributed by atoms with E-state index in [9.17, 15) is 5.11 Å². The van der Waals surface area contributed by atoms with E-state index in [0.29, 0.717) is 23.9 Å². The topological polar surface area (TPSA) is 63.5 Å². The van der Waals surface area contributed by atoms with Gasteiger partial charge in [0.05, 0.1) is 18.6 Å². The molecular formula is C21H21N3O2. The fourth-order valence-electron chi connectivity index (χ4n) is 2.89. The highest BCUT2D eigenvalue weighted by Crippen LogP contribution is 2.29. The summed E-state index contributed by atoms with van der Waals surface area (Å²) in [5.74, 6) is 0.563. The molecule has 2 atom stereocenters. The van der Waals surface area contributed by atoms with E-state index in [1.165, 1.54) is 0 Å². The summed E-state index contributed by atoms with van der Waals surface area (Å²) in [5, 5.41) is 18.5. The van der Waals surface area contributed by atoms with Crippen LogP contribution < -0.4 is 0 Å². The molecule has 1 aromatic heterocycles. The molecule has 0 bridgehead atoms. The molecule has 0 saturated carbocycles. The predicted octanol–water partition coefficient (Wildman–Crippen LogP) is 4.61. The number of aryl methyl sites for hydroxylation is 2. The van der Waals surface area contributed by atoms with Gasteiger partial charge in [-0.2, -0.15) is 0 Å². The highest BCUT2D eigenvalue weighted by Gasteiger charge is 2.24. The second kappa shape index (κ2) is 7.51. The van der Waals surface area contributed by atoms with E-state index in [0.717, 1.165) is 22.3 Å². The van der Waals surface area contributed by atoms with Gasteiger partial charge in [-0.15, -0.1) is 10.2 Å². The third-order valence-corrected chi connectivity index (χ3v) is 4.48. The van der Waals surface area contributed by atoms with E-state index in [-0.39, 0.29) is 5.92 Å².